The molecule has 1 aliphatic rings. The Labute approximate surface area is 115 Å². The molecule has 1 aliphatic heterocycles. The van der Waals surface area contributed by atoms with E-state index in [2.05, 4.69) is 56.8 Å². The van der Waals surface area contributed by atoms with Crippen LogP contribution in [0.5, 0.6) is 0 Å². The Bertz CT molecular complexity index is 506. The number of nitrogens with zero attached hydrogens (tertiary/aromatic N) is 2. The average Bonchev–Trinajstić information content (AvgIpc) is 2.31. The second kappa shape index (κ2) is 4.87. The molecule has 1 aromatic carbocycles. The highest BCUT2D eigenvalue weighted by atomic mass is 16.4. The first-order valence-electron chi connectivity index (χ1n) is 7.00. The number of benzene rings is 1. The van der Waals surface area contributed by atoms with Gasteiger partial charge in [-0.3, -0.25) is 0 Å². The lowest BCUT2D eigenvalue weighted by Gasteiger charge is -2.47. The highest BCUT2D eigenvalue weighted by Gasteiger charge is 2.35. The SMILES string of the molecule is CCN1c2cc(C)c(/C=N\O)cc2[C@@H](C)CC1(C)C. The van der Waals surface area contributed by atoms with Crippen LogP contribution in [0.2, 0.25) is 0 Å². The molecule has 1 N–H and O–H groups in total. The summed E-state index contributed by atoms with van der Waals surface area (Å²) in [5, 5.41) is 11.9. The standard InChI is InChI=1S/C16H24N2O/c1-6-18-15-7-11(2)13(10-17-19)8-14(15)12(3)9-16(18,4)5/h7-8,10,12,19H,6,9H2,1-5H3/b17-10-/t12-/m0/s1. The van der Waals surface area contributed by atoms with Crippen LogP contribution in [0.15, 0.2) is 17.3 Å². The van der Waals surface area contributed by atoms with Gasteiger partial charge in [-0.05, 0) is 68.9 Å². The fourth-order valence-corrected chi connectivity index (χ4v) is 3.45. The number of fused-ring (bicyclic) bond motifs is 1. The van der Waals surface area contributed by atoms with Crippen LogP contribution < -0.4 is 4.90 Å². The topological polar surface area (TPSA) is 35.8 Å². The fraction of sp³-hybridized carbons (Fsp3) is 0.562. The smallest absolute Gasteiger partial charge is 0.0736 e. The minimum Gasteiger partial charge on any atom is -0.411 e. The lowest BCUT2D eigenvalue weighted by Crippen LogP contribution is -2.48. The van der Waals surface area contributed by atoms with E-state index < -0.39 is 0 Å². The van der Waals surface area contributed by atoms with E-state index in [9.17, 15) is 0 Å². The van der Waals surface area contributed by atoms with E-state index in [-0.39, 0.29) is 5.54 Å². The van der Waals surface area contributed by atoms with Gasteiger partial charge in [-0.1, -0.05) is 12.1 Å². The maximum absolute atomic E-state index is 8.75. The molecule has 1 heterocycles. The molecule has 2 rings (SSSR count). The van der Waals surface area contributed by atoms with Gasteiger partial charge in [-0.25, -0.2) is 0 Å². The van der Waals surface area contributed by atoms with Crippen LogP contribution in [-0.4, -0.2) is 23.5 Å². The number of aryl methyl sites for hydroxylation is 1. The molecular formula is C16H24N2O. The molecule has 0 amide bonds. The summed E-state index contributed by atoms with van der Waals surface area (Å²) in [6.45, 7) is 12.2. The van der Waals surface area contributed by atoms with Gasteiger partial charge in [0.05, 0.1) is 6.21 Å². The van der Waals surface area contributed by atoms with Gasteiger partial charge in [0, 0.05) is 17.8 Å². The first kappa shape index (κ1) is 13.9. The third-order valence-electron chi connectivity index (χ3n) is 4.29. The summed E-state index contributed by atoms with van der Waals surface area (Å²) in [6, 6.07) is 4.40. The van der Waals surface area contributed by atoms with Crippen LogP contribution in [0.25, 0.3) is 0 Å². The van der Waals surface area contributed by atoms with Crippen LogP contribution in [0.1, 0.15) is 56.7 Å². The minimum absolute atomic E-state index is 0.195. The fourth-order valence-electron chi connectivity index (χ4n) is 3.45. The van der Waals surface area contributed by atoms with Crippen LogP contribution in [-0.2, 0) is 0 Å². The normalized spacial score (nSPS) is 21.7. The summed E-state index contributed by atoms with van der Waals surface area (Å²) in [6.07, 6.45) is 2.67. The lowest BCUT2D eigenvalue weighted by atomic mass is 9.79. The Kier molecular flexibility index (Phi) is 3.57. The molecule has 3 heteroatoms. The van der Waals surface area contributed by atoms with Crippen molar-refractivity contribution in [1.82, 2.24) is 0 Å². The summed E-state index contributed by atoms with van der Waals surface area (Å²) < 4.78 is 0. The highest BCUT2D eigenvalue weighted by Crippen LogP contribution is 2.43. The van der Waals surface area contributed by atoms with Gasteiger partial charge >= 0.3 is 0 Å². The Morgan fingerprint density at radius 1 is 1.47 bits per heavy atom. The summed E-state index contributed by atoms with van der Waals surface area (Å²) in [4.78, 5) is 2.48. The molecule has 0 aromatic heterocycles. The first-order valence-corrected chi connectivity index (χ1v) is 7.00. The van der Waals surface area contributed by atoms with Crippen molar-refractivity contribution in [1.29, 1.82) is 0 Å². The van der Waals surface area contributed by atoms with Gasteiger partial charge in [0.25, 0.3) is 0 Å². The maximum Gasteiger partial charge on any atom is 0.0736 e. The summed E-state index contributed by atoms with van der Waals surface area (Å²) in [5.41, 5.74) is 5.05. The van der Waals surface area contributed by atoms with Gasteiger partial charge in [0.15, 0.2) is 0 Å². The molecule has 0 fully saturated rings. The Balaban J connectivity index is 2.60. The molecule has 19 heavy (non-hydrogen) atoms. The first-order chi connectivity index (χ1) is 8.90. The van der Waals surface area contributed by atoms with E-state index in [1.807, 2.05) is 0 Å². The molecule has 3 nitrogen and oxygen atoms in total. The van der Waals surface area contributed by atoms with Crippen molar-refractivity contribution in [3.63, 3.8) is 0 Å². The largest absolute Gasteiger partial charge is 0.411 e. The van der Waals surface area contributed by atoms with E-state index in [1.54, 1.807) is 0 Å². The number of anilines is 1. The molecule has 0 saturated heterocycles. The minimum atomic E-state index is 0.195. The average molecular weight is 260 g/mol. The second-order valence-electron chi connectivity index (χ2n) is 6.17. The van der Waals surface area contributed by atoms with Gasteiger partial charge in [0.1, 0.15) is 0 Å². The second-order valence-corrected chi connectivity index (χ2v) is 6.17. The lowest BCUT2D eigenvalue weighted by molar-refractivity contribution is 0.322. The van der Waals surface area contributed by atoms with Crippen LogP contribution in [0.4, 0.5) is 5.69 Å². The molecule has 0 saturated carbocycles. The predicted molar refractivity (Wildman–Crippen MR) is 80.7 cm³/mol. The van der Waals surface area contributed by atoms with Crippen LogP contribution in [0.3, 0.4) is 0 Å². The van der Waals surface area contributed by atoms with Crippen molar-refractivity contribution >= 4 is 11.9 Å². The molecule has 1 atom stereocenters. The Hall–Kier alpha value is -1.51. The molecule has 0 radical (unpaired) electrons. The summed E-state index contributed by atoms with van der Waals surface area (Å²) in [7, 11) is 0. The highest BCUT2D eigenvalue weighted by molar-refractivity contribution is 5.83. The van der Waals surface area contributed by atoms with Crippen molar-refractivity contribution in [2.45, 2.75) is 52.5 Å². The van der Waals surface area contributed by atoms with Crippen molar-refractivity contribution in [2.75, 3.05) is 11.4 Å². The van der Waals surface area contributed by atoms with Gasteiger partial charge in [-0.2, -0.15) is 0 Å². The number of hydrogen-bond acceptors (Lipinski definition) is 3. The monoisotopic (exact) mass is 260 g/mol. The van der Waals surface area contributed by atoms with Crippen molar-refractivity contribution in [3.8, 4) is 0 Å². The molecule has 0 spiro atoms. The van der Waals surface area contributed by atoms with E-state index >= 15 is 0 Å². The predicted octanol–water partition coefficient (Wildman–Crippen LogP) is 3.92. The Morgan fingerprint density at radius 2 is 2.16 bits per heavy atom. The molecular weight excluding hydrogens is 236 g/mol. The van der Waals surface area contributed by atoms with E-state index in [0.717, 1.165) is 24.1 Å². The van der Waals surface area contributed by atoms with Crippen molar-refractivity contribution in [2.24, 2.45) is 5.16 Å². The van der Waals surface area contributed by atoms with Crippen LogP contribution >= 0.6 is 0 Å². The van der Waals surface area contributed by atoms with Gasteiger partial charge in [-0.15, -0.1) is 0 Å². The molecule has 0 unspecified atom stereocenters. The third-order valence-corrected chi connectivity index (χ3v) is 4.29. The summed E-state index contributed by atoms with van der Waals surface area (Å²) in [5.74, 6) is 0.527. The number of oxime groups is 1. The third kappa shape index (κ3) is 2.34. The number of hydrogen-bond donors (Lipinski definition) is 1. The number of rotatable bonds is 2. The molecule has 0 aliphatic carbocycles. The van der Waals surface area contributed by atoms with Crippen molar-refractivity contribution < 1.29 is 5.21 Å². The van der Waals surface area contributed by atoms with E-state index in [1.165, 1.54) is 17.5 Å². The quantitative estimate of drug-likeness (QED) is 0.497. The zero-order chi connectivity index (χ0) is 14.2. The zero-order valence-electron chi connectivity index (χ0n) is 12.6. The van der Waals surface area contributed by atoms with Gasteiger partial charge < -0.3 is 10.1 Å². The summed E-state index contributed by atoms with van der Waals surface area (Å²) >= 11 is 0. The van der Waals surface area contributed by atoms with E-state index in [4.69, 9.17) is 5.21 Å². The van der Waals surface area contributed by atoms with Crippen LogP contribution in [0, 0.1) is 6.92 Å². The molecule has 1 aromatic rings. The molecule has 104 valence electrons. The molecule has 0 bridgehead atoms. The zero-order valence-corrected chi connectivity index (χ0v) is 12.6. The maximum atomic E-state index is 8.75. The van der Waals surface area contributed by atoms with Crippen molar-refractivity contribution in [3.05, 3.63) is 28.8 Å². The van der Waals surface area contributed by atoms with E-state index in [0.29, 0.717) is 5.92 Å². The Morgan fingerprint density at radius 3 is 2.74 bits per heavy atom. The van der Waals surface area contributed by atoms with Gasteiger partial charge in [0.2, 0.25) is 0 Å².